The highest BCUT2D eigenvalue weighted by Crippen LogP contribution is 2.36. The van der Waals surface area contributed by atoms with E-state index < -0.39 is 0 Å². The lowest BCUT2D eigenvalue weighted by molar-refractivity contribution is -0.0311. The van der Waals surface area contributed by atoms with Gasteiger partial charge >= 0.3 is 0 Å². The molecule has 2 fully saturated rings. The van der Waals surface area contributed by atoms with Crippen molar-refractivity contribution in [1.82, 2.24) is 9.88 Å². The Kier molecular flexibility index (Phi) is 3.91. The first-order chi connectivity index (χ1) is 9.43. The van der Waals surface area contributed by atoms with Crippen molar-refractivity contribution in [1.29, 1.82) is 0 Å². The number of likely N-dealkylation sites (tertiary alicyclic amines) is 1. The molecule has 1 saturated heterocycles. The van der Waals surface area contributed by atoms with Crippen molar-refractivity contribution in [3.8, 4) is 0 Å². The van der Waals surface area contributed by atoms with Gasteiger partial charge in [0, 0.05) is 16.8 Å². The van der Waals surface area contributed by atoms with Crippen molar-refractivity contribution in [2.45, 2.75) is 70.6 Å². The molecule has 1 aliphatic carbocycles. The molecule has 20 heavy (non-hydrogen) atoms. The quantitative estimate of drug-likeness (QED) is 0.910. The van der Waals surface area contributed by atoms with Crippen LogP contribution >= 0.6 is 11.3 Å². The zero-order valence-corrected chi connectivity index (χ0v) is 13.6. The number of aliphatic hydroxyl groups excluding tert-OH is 1. The first kappa shape index (κ1) is 14.5. The molecule has 1 aromatic heterocycles. The second-order valence-electron chi connectivity index (χ2n) is 7.45. The van der Waals surface area contributed by atoms with Gasteiger partial charge in [-0.3, -0.25) is 4.90 Å². The van der Waals surface area contributed by atoms with Gasteiger partial charge in [0.1, 0.15) is 5.01 Å². The maximum Gasteiger partial charge on any atom is 0.107 e. The van der Waals surface area contributed by atoms with Gasteiger partial charge in [0.25, 0.3) is 0 Å². The van der Waals surface area contributed by atoms with E-state index in [2.05, 4.69) is 31.1 Å². The van der Waals surface area contributed by atoms with Gasteiger partial charge in [0.15, 0.2) is 0 Å². The lowest BCUT2D eigenvalue weighted by Gasteiger charge is -2.45. The smallest absolute Gasteiger partial charge is 0.107 e. The number of piperidine rings is 1. The van der Waals surface area contributed by atoms with Crippen LogP contribution in [0.15, 0.2) is 5.38 Å². The second kappa shape index (κ2) is 5.39. The van der Waals surface area contributed by atoms with Crippen LogP contribution in [0.2, 0.25) is 0 Å². The maximum absolute atomic E-state index is 10.2. The third-order valence-electron chi connectivity index (χ3n) is 4.84. The van der Waals surface area contributed by atoms with Crippen molar-refractivity contribution in [3.63, 3.8) is 0 Å². The SMILES string of the molecule is CC(C)(C)c1csc(CN2CCC3CCC(O)C2C3)n1. The topological polar surface area (TPSA) is 36.4 Å². The molecule has 3 rings (SSSR count). The largest absolute Gasteiger partial charge is 0.391 e. The van der Waals surface area contributed by atoms with Crippen LogP contribution in [0.4, 0.5) is 0 Å². The molecular formula is C16H26N2OS. The van der Waals surface area contributed by atoms with E-state index in [4.69, 9.17) is 4.98 Å². The van der Waals surface area contributed by atoms with Gasteiger partial charge in [0.2, 0.25) is 0 Å². The van der Waals surface area contributed by atoms with Crippen LogP contribution in [0.25, 0.3) is 0 Å². The van der Waals surface area contributed by atoms with Crippen molar-refractivity contribution >= 4 is 11.3 Å². The third kappa shape index (κ3) is 2.92. The third-order valence-corrected chi connectivity index (χ3v) is 5.68. The Morgan fingerprint density at radius 1 is 1.35 bits per heavy atom. The van der Waals surface area contributed by atoms with E-state index in [0.717, 1.165) is 25.4 Å². The monoisotopic (exact) mass is 294 g/mol. The molecule has 112 valence electrons. The van der Waals surface area contributed by atoms with Crippen molar-refractivity contribution in [2.75, 3.05) is 6.54 Å². The van der Waals surface area contributed by atoms with Crippen LogP contribution in [-0.2, 0) is 12.0 Å². The normalized spacial score (nSPS) is 31.5. The Hall–Kier alpha value is -0.450. The summed E-state index contributed by atoms with van der Waals surface area (Å²) in [7, 11) is 0. The molecule has 1 N–H and O–H groups in total. The maximum atomic E-state index is 10.2. The average Bonchev–Trinajstić information content (AvgIpc) is 2.85. The number of fused-ring (bicyclic) bond motifs is 2. The Bertz CT molecular complexity index is 465. The number of hydrogen-bond donors (Lipinski definition) is 1. The minimum atomic E-state index is -0.131. The van der Waals surface area contributed by atoms with Crippen LogP contribution < -0.4 is 0 Å². The molecule has 0 spiro atoms. The molecule has 0 amide bonds. The number of nitrogens with zero attached hydrogens (tertiary/aromatic N) is 2. The molecule has 0 aromatic carbocycles. The molecule has 0 radical (unpaired) electrons. The van der Waals surface area contributed by atoms with Crippen LogP contribution in [-0.4, -0.2) is 33.7 Å². The molecular weight excluding hydrogens is 268 g/mol. The minimum Gasteiger partial charge on any atom is -0.391 e. The van der Waals surface area contributed by atoms with E-state index in [1.807, 2.05) is 0 Å². The number of rotatable bonds is 2. The van der Waals surface area contributed by atoms with E-state index in [-0.39, 0.29) is 11.5 Å². The van der Waals surface area contributed by atoms with Gasteiger partial charge in [-0.25, -0.2) is 4.98 Å². The molecule has 3 atom stereocenters. The van der Waals surface area contributed by atoms with E-state index in [1.54, 1.807) is 11.3 Å². The summed E-state index contributed by atoms with van der Waals surface area (Å²) in [5, 5.41) is 13.6. The number of thiazole rings is 1. The van der Waals surface area contributed by atoms with Crippen molar-refractivity contribution in [3.05, 3.63) is 16.1 Å². The molecule has 1 aromatic rings. The number of hydrogen-bond acceptors (Lipinski definition) is 4. The lowest BCUT2D eigenvalue weighted by atomic mass is 9.78. The molecule has 1 saturated carbocycles. The van der Waals surface area contributed by atoms with Gasteiger partial charge < -0.3 is 5.11 Å². The average molecular weight is 294 g/mol. The number of aromatic nitrogens is 1. The van der Waals surface area contributed by atoms with Crippen molar-refractivity contribution in [2.24, 2.45) is 5.92 Å². The molecule has 3 unspecified atom stereocenters. The Labute approximate surface area is 126 Å². The highest BCUT2D eigenvalue weighted by molar-refractivity contribution is 7.09. The molecule has 2 aliphatic rings. The highest BCUT2D eigenvalue weighted by Gasteiger charge is 2.37. The summed E-state index contributed by atoms with van der Waals surface area (Å²) in [6, 6.07) is 0.365. The van der Waals surface area contributed by atoms with Gasteiger partial charge in [-0.1, -0.05) is 20.8 Å². The van der Waals surface area contributed by atoms with Gasteiger partial charge in [-0.15, -0.1) is 11.3 Å². The van der Waals surface area contributed by atoms with E-state index in [1.165, 1.54) is 30.0 Å². The summed E-state index contributed by atoms with van der Waals surface area (Å²) in [4.78, 5) is 7.27. The van der Waals surface area contributed by atoms with E-state index in [0.29, 0.717) is 6.04 Å². The van der Waals surface area contributed by atoms with E-state index >= 15 is 0 Å². The Balaban J connectivity index is 1.69. The molecule has 4 heteroatoms. The van der Waals surface area contributed by atoms with E-state index in [9.17, 15) is 5.11 Å². The summed E-state index contributed by atoms with van der Waals surface area (Å²) >= 11 is 1.77. The standard InChI is InChI=1S/C16H26N2OS/c1-16(2,3)14-10-20-15(17-14)9-18-7-6-11-4-5-13(19)12(18)8-11/h10-13,19H,4-9H2,1-3H3. The Morgan fingerprint density at radius 2 is 2.15 bits per heavy atom. The van der Waals surface area contributed by atoms with Gasteiger partial charge in [0.05, 0.1) is 18.3 Å². The Morgan fingerprint density at radius 3 is 2.85 bits per heavy atom. The summed E-state index contributed by atoms with van der Waals surface area (Å²) in [6.45, 7) is 8.67. The summed E-state index contributed by atoms with van der Waals surface area (Å²) < 4.78 is 0. The van der Waals surface area contributed by atoms with Crippen LogP contribution in [0.5, 0.6) is 0 Å². The zero-order chi connectivity index (χ0) is 14.3. The molecule has 3 nitrogen and oxygen atoms in total. The summed E-state index contributed by atoms with van der Waals surface area (Å²) in [5.41, 5.74) is 1.32. The molecule has 2 bridgehead atoms. The molecule has 2 heterocycles. The van der Waals surface area contributed by atoms with Crippen LogP contribution in [0.1, 0.15) is 57.2 Å². The van der Waals surface area contributed by atoms with Gasteiger partial charge in [-0.2, -0.15) is 0 Å². The minimum absolute atomic E-state index is 0.131. The van der Waals surface area contributed by atoms with Gasteiger partial charge in [-0.05, 0) is 38.1 Å². The zero-order valence-electron chi connectivity index (χ0n) is 12.8. The van der Waals surface area contributed by atoms with Crippen LogP contribution in [0, 0.1) is 5.92 Å². The second-order valence-corrected chi connectivity index (χ2v) is 8.39. The first-order valence-electron chi connectivity index (χ1n) is 7.80. The first-order valence-corrected chi connectivity index (χ1v) is 8.68. The fourth-order valence-electron chi connectivity index (χ4n) is 3.48. The fraction of sp³-hybridized carbons (Fsp3) is 0.812. The summed E-state index contributed by atoms with van der Waals surface area (Å²) in [6.07, 6.45) is 4.54. The van der Waals surface area contributed by atoms with Crippen LogP contribution in [0.3, 0.4) is 0 Å². The summed E-state index contributed by atoms with van der Waals surface area (Å²) in [5.74, 6) is 0.848. The predicted octanol–water partition coefficient (Wildman–Crippen LogP) is 3.18. The van der Waals surface area contributed by atoms with Crippen molar-refractivity contribution < 1.29 is 5.11 Å². The molecule has 1 aliphatic heterocycles. The lowest BCUT2D eigenvalue weighted by Crippen LogP contribution is -2.51. The fourth-order valence-corrected chi connectivity index (χ4v) is 4.53. The predicted molar refractivity (Wildman–Crippen MR) is 83.0 cm³/mol. The highest BCUT2D eigenvalue weighted by atomic mass is 32.1. The number of aliphatic hydroxyl groups is 1.